The molecule has 0 fully saturated rings. The van der Waals surface area contributed by atoms with E-state index < -0.39 is 6.61 Å². The molecule has 0 aliphatic heterocycles. The van der Waals surface area contributed by atoms with Gasteiger partial charge in [-0.3, -0.25) is 0 Å². The van der Waals surface area contributed by atoms with Crippen LogP contribution in [0.2, 0.25) is 0 Å². The van der Waals surface area contributed by atoms with Gasteiger partial charge in [-0.1, -0.05) is 62.9 Å². The number of benzene rings is 1. The Labute approximate surface area is 123 Å². The van der Waals surface area contributed by atoms with E-state index in [1.165, 1.54) is 17.8 Å². The van der Waals surface area contributed by atoms with Gasteiger partial charge in [0.15, 0.2) is 0 Å². The lowest BCUT2D eigenvalue weighted by Crippen LogP contribution is -2.03. The predicted octanol–water partition coefficient (Wildman–Crippen LogP) is 5.94. The summed E-state index contributed by atoms with van der Waals surface area (Å²) in [6, 6.07) is 6.72. The first kappa shape index (κ1) is 16.8. The molecule has 0 heterocycles. The van der Waals surface area contributed by atoms with Crippen LogP contribution in [0.4, 0.5) is 8.78 Å². The molecule has 0 radical (unpaired) electrons. The Bertz CT molecular complexity index is 483. The molecule has 0 aliphatic carbocycles. The third kappa shape index (κ3) is 5.37. The summed E-state index contributed by atoms with van der Waals surface area (Å²) in [6.45, 7) is 7.40. The molecule has 1 rings (SSSR count). The molecule has 0 amide bonds. The molecule has 1 nitrogen and oxygen atoms in total. The first-order chi connectivity index (χ1) is 9.43. The summed E-state index contributed by atoms with van der Waals surface area (Å²) < 4.78 is 29.3. The van der Waals surface area contributed by atoms with Gasteiger partial charge in [0, 0.05) is 10.5 Å². The van der Waals surface area contributed by atoms with Crippen LogP contribution in [-0.4, -0.2) is 6.61 Å². The van der Waals surface area contributed by atoms with Crippen molar-refractivity contribution in [3.8, 4) is 5.75 Å². The molecule has 0 aromatic heterocycles. The molecule has 110 valence electrons. The van der Waals surface area contributed by atoms with Crippen molar-refractivity contribution in [3.63, 3.8) is 0 Å². The van der Waals surface area contributed by atoms with E-state index in [-0.39, 0.29) is 5.75 Å². The van der Waals surface area contributed by atoms with Crippen molar-refractivity contribution in [1.29, 1.82) is 0 Å². The number of thioether (sulfide) groups is 1. The Morgan fingerprint density at radius 1 is 1.40 bits per heavy atom. The Hall–Kier alpha value is -1.29. The second-order valence-corrected chi connectivity index (χ2v) is 5.90. The van der Waals surface area contributed by atoms with E-state index in [0.717, 1.165) is 11.3 Å². The summed E-state index contributed by atoms with van der Waals surface area (Å²) in [4.78, 5) is 1.81. The fourth-order valence-electron chi connectivity index (χ4n) is 1.70. The molecule has 1 atom stereocenters. The third-order valence-electron chi connectivity index (χ3n) is 2.85. The van der Waals surface area contributed by atoms with E-state index in [1.807, 2.05) is 6.92 Å². The van der Waals surface area contributed by atoms with E-state index >= 15 is 0 Å². The van der Waals surface area contributed by atoms with Gasteiger partial charge in [0.1, 0.15) is 5.75 Å². The molecule has 0 bridgehead atoms. The number of allylic oxidation sites excluding steroid dienone is 2. The lowest BCUT2D eigenvalue weighted by atomic mass is 10.1. The average Bonchev–Trinajstić information content (AvgIpc) is 2.38. The number of hydrogen-bond acceptors (Lipinski definition) is 2. The van der Waals surface area contributed by atoms with Gasteiger partial charge in [-0.15, -0.1) is 0 Å². The van der Waals surface area contributed by atoms with Crippen LogP contribution in [-0.2, 0) is 0 Å². The van der Waals surface area contributed by atoms with E-state index in [9.17, 15) is 8.78 Å². The second kappa shape index (κ2) is 8.10. The molecule has 0 saturated heterocycles. The van der Waals surface area contributed by atoms with Gasteiger partial charge in [0.2, 0.25) is 0 Å². The normalized spacial score (nSPS) is 13.4. The first-order valence-corrected chi connectivity index (χ1v) is 7.35. The van der Waals surface area contributed by atoms with Crippen LogP contribution < -0.4 is 4.74 Å². The zero-order valence-electron chi connectivity index (χ0n) is 12.0. The molecule has 1 unspecified atom stereocenters. The number of rotatable bonds is 7. The van der Waals surface area contributed by atoms with Gasteiger partial charge >= 0.3 is 6.61 Å². The zero-order chi connectivity index (χ0) is 15.1. The molecule has 1 aromatic rings. The third-order valence-corrected chi connectivity index (χ3v) is 3.78. The van der Waals surface area contributed by atoms with Crippen molar-refractivity contribution in [2.24, 2.45) is 5.92 Å². The topological polar surface area (TPSA) is 9.23 Å². The van der Waals surface area contributed by atoms with Crippen molar-refractivity contribution in [2.45, 2.75) is 33.8 Å². The van der Waals surface area contributed by atoms with Crippen molar-refractivity contribution >= 4 is 16.7 Å². The molecule has 4 heteroatoms. The van der Waals surface area contributed by atoms with Crippen LogP contribution in [0.15, 0.2) is 41.8 Å². The number of hydrogen-bond donors (Lipinski definition) is 0. The van der Waals surface area contributed by atoms with E-state index in [4.69, 9.17) is 0 Å². The zero-order valence-corrected chi connectivity index (χ0v) is 12.8. The number of ether oxygens (including phenoxy) is 1. The minimum absolute atomic E-state index is 0.163. The molecular formula is C16H20F2OS. The Morgan fingerprint density at radius 3 is 2.65 bits per heavy atom. The average molecular weight is 298 g/mol. The fourth-order valence-corrected chi connectivity index (χ4v) is 2.67. The van der Waals surface area contributed by atoms with Crippen LogP contribution in [0.1, 0.15) is 32.8 Å². The fraction of sp³-hybridized carbons (Fsp3) is 0.375. The van der Waals surface area contributed by atoms with Crippen LogP contribution >= 0.6 is 11.8 Å². The van der Waals surface area contributed by atoms with Crippen molar-refractivity contribution in [3.05, 3.63) is 47.4 Å². The second-order valence-electron chi connectivity index (χ2n) is 4.56. The Balaban J connectivity index is 2.85. The van der Waals surface area contributed by atoms with Crippen molar-refractivity contribution in [1.82, 2.24) is 0 Å². The number of para-hydroxylation sites is 1. The lowest BCUT2D eigenvalue weighted by molar-refractivity contribution is -0.0499. The number of halogens is 2. The highest BCUT2D eigenvalue weighted by Crippen LogP contribution is 2.37. The van der Waals surface area contributed by atoms with Crippen molar-refractivity contribution in [2.75, 3.05) is 0 Å². The Kier molecular flexibility index (Phi) is 6.79. The van der Waals surface area contributed by atoms with E-state index in [0.29, 0.717) is 16.4 Å². The van der Waals surface area contributed by atoms with Crippen LogP contribution in [0.5, 0.6) is 5.75 Å². The quantitative estimate of drug-likeness (QED) is 0.616. The van der Waals surface area contributed by atoms with Crippen LogP contribution in [0.25, 0.3) is 4.91 Å². The molecule has 0 aliphatic rings. The summed E-state index contributed by atoms with van der Waals surface area (Å²) in [5, 5.41) is 0. The lowest BCUT2D eigenvalue weighted by Gasteiger charge is -2.13. The summed E-state index contributed by atoms with van der Waals surface area (Å²) in [7, 11) is 0. The SMILES string of the molecule is C=C(S/C(C)=C\C(C)CC)c1ccccc1OC(F)F. The van der Waals surface area contributed by atoms with Gasteiger partial charge in [-0.2, -0.15) is 8.78 Å². The predicted molar refractivity (Wildman–Crippen MR) is 82.9 cm³/mol. The maximum atomic E-state index is 12.4. The first-order valence-electron chi connectivity index (χ1n) is 6.53. The highest BCUT2D eigenvalue weighted by atomic mass is 32.2. The minimum atomic E-state index is -2.83. The monoisotopic (exact) mass is 298 g/mol. The summed E-state index contributed by atoms with van der Waals surface area (Å²) >= 11 is 1.48. The molecular weight excluding hydrogens is 278 g/mol. The van der Waals surface area contributed by atoms with Crippen LogP contribution in [0, 0.1) is 5.92 Å². The standard InChI is InChI=1S/C16H20F2OS/c1-5-11(2)10-12(3)20-13(4)14-8-6-7-9-15(14)19-16(17)18/h6-11,16H,4-5H2,1-3H3/b12-10-. The molecule has 0 spiro atoms. The molecule has 1 aromatic carbocycles. The highest BCUT2D eigenvalue weighted by molar-refractivity contribution is 8.11. The maximum absolute atomic E-state index is 12.4. The highest BCUT2D eigenvalue weighted by Gasteiger charge is 2.12. The minimum Gasteiger partial charge on any atom is -0.434 e. The van der Waals surface area contributed by atoms with Crippen molar-refractivity contribution < 1.29 is 13.5 Å². The smallest absolute Gasteiger partial charge is 0.387 e. The Morgan fingerprint density at radius 2 is 2.05 bits per heavy atom. The summed E-state index contributed by atoms with van der Waals surface area (Å²) in [5.74, 6) is 0.652. The van der Waals surface area contributed by atoms with Gasteiger partial charge in [-0.05, 0) is 23.8 Å². The molecule has 0 saturated carbocycles. The number of alkyl halides is 2. The van der Waals surface area contributed by atoms with Gasteiger partial charge in [-0.25, -0.2) is 0 Å². The molecule has 20 heavy (non-hydrogen) atoms. The maximum Gasteiger partial charge on any atom is 0.387 e. The summed E-state index contributed by atoms with van der Waals surface area (Å²) in [5.41, 5.74) is 0.606. The summed E-state index contributed by atoms with van der Waals surface area (Å²) in [6.07, 6.45) is 3.22. The van der Waals surface area contributed by atoms with Gasteiger partial charge in [0.25, 0.3) is 0 Å². The van der Waals surface area contributed by atoms with E-state index in [2.05, 4.69) is 31.2 Å². The molecule has 0 N–H and O–H groups in total. The largest absolute Gasteiger partial charge is 0.434 e. The van der Waals surface area contributed by atoms with Gasteiger partial charge in [0.05, 0.1) is 0 Å². The van der Waals surface area contributed by atoms with Gasteiger partial charge < -0.3 is 4.74 Å². The van der Waals surface area contributed by atoms with E-state index in [1.54, 1.807) is 18.2 Å². The van der Waals surface area contributed by atoms with Crippen LogP contribution in [0.3, 0.4) is 0 Å².